The van der Waals surface area contributed by atoms with Crippen LogP contribution in [-0.4, -0.2) is 5.11 Å². The Bertz CT molecular complexity index is 1020. The molecule has 2 aromatic carbocycles. The number of thioether (sulfide) groups is 1. The molecule has 5 nitrogen and oxygen atoms in total. The summed E-state index contributed by atoms with van der Waals surface area (Å²) in [6, 6.07) is 16.2. The molecule has 0 spiro atoms. The van der Waals surface area contributed by atoms with E-state index in [-0.39, 0.29) is 10.6 Å². The van der Waals surface area contributed by atoms with Crippen molar-refractivity contribution in [2.45, 2.75) is 10.6 Å². The lowest BCUT2D eigenvalue weighted by molar-refractivity contribution is 0.361. The molecule has 0 amide bonds. The van der Waals surface area contributed by atoms with Gasteiger partial charge in [0.25, 0.3) is 0 Å². The molecule has 0 atom stereocenters. The second kappa shape index (κ2) is 7.01. The van der Waals surface area contributed by atoms with Crippen molar-refractivity contribution >= 4 is 11.8 Å². The average molecular weight is 366 g/mol. The van der Waals surface area contributed by atoms with Crippen molar-refractivity contribution in [3.63, 3.8) is 0 Å². The molecule has 1 aliphatic heterocycles. The van der Waals surface area contributed by atoms with E-state index in [2.05, 4.69) is 0 Å². The maximum absolute atomic E-state index is 12.3. The molecule has 0 saturated heterocycles. The molecule has 0 bridgehead atoms. The normalized spacial score (nSPS) is 12.2. The van der Waals surface area contributed by atoms with E-state index in [1.54, 1.807) is 6.07 Å². The van der Waals surface area contributed by atoms with Crippen LogP contribution in [0.4, 0.5) is 0 Å². The first-order valence-corrected chi connectivity index (χ1v) is 8.86. The summed E-state index contributed by atoms with van der Waals surface area (Å²) in [6.07, 6.45) is 2.93. The summed E-state index contributed by atoms with van der Waals surface area (Å²) >= 11 is 1.21. The fourth-order valence-corrected chi connectivity index (χ4v) is 3.39. The largest absolute Gasteiger partial charge is 0.506 e. The molecule has 4 rings (SSSR count). The third kappa shape index (κ3) is 3.32. The monoisotopic (exact) mass is 366 g/mol. The van der Waals surface area contributed by atoms with E-state index in [0.29, 0.717) is 23.0 Å². The fourth-order valence-electron chi connectivity index (χ4n) is 2.54. The first-order valence-electron chi connectivity index (χ1n) is 7.87. The minimum Gasteiger partial charge on any atom is -0.506 e. The van der Waals surface area contributed by atoms with Gasteiger partial charge in [0.15, 0.2) is 11.5 Å². The fraction of sp³-hybridized carbons (Fsp3) is 0.0500. The Morgan fingerprint density at radius 2 is 1.69 bits per heavy atom. The van der Waals surface area contributed by atoms with Crippen molar-refractivity contribution in [2.24, 2.45) is 0 Å². The second-order valence-electron chi connectivity index (χ2n) is 5.56. The smallest absolute Gasteiger partial charge is 0.353 e. The van der Waals surface area contributed by atoms with Crippen molar-refractivity contribution in [3.05, 3.63) is 83.1 Å². The lowest BCUT2D eigenvalue weighted by Crippen LogP contribution is -2.03. The van der Waals surface area contributed by atoms with Crippen LogP contribution in [0.5, 0.6) is 17.2 Å². The maximum Gasteiger partial charge on any atom is 0.353 e. The predicted octanol–water partition coefficient (Wildman–Crippen LogP) is 4.55. The van der Waals surface area contributed by atoms with Gasteiger partial charge in [0, 0.05) is 17.4 Å². The number of rotatable bonds is 4. The quantitative estimate of drug-likeness (QED) is 0.684. The highest BCUT2D eigenvalue weighted by atomic mass is 32.2. The Morgan fingerprint density at radius 1 is 0.923 bits per heavy atom. The number of hydrogen-bond donors (Lipinski definition) is 1. The molecule has 2 heterocycles. The standard InChI is InChI=1S/C20H14O5S/c21-15-11-17(14-4-2-1-3-5-14)25-20(22)19(15)26-12-13-6-7-16-18(10-13)24-9-8-23-16/h1-11,21H,12H2. The number of hydrogen-bond acceptors (Lipinski definition) is 6. The molecule has 1 N–H and O–H groups in total. The Balaban J connectivity index is 1.55. The molecule has 130 valence electrons. The SMILES string of the molecule is O=c1oc(-c2ccccc2)cc(O)c1SCc1ccc2c(c1)OC=CO2. The van der Waals surface area contributed by atoms with Crippen LogP contribution in [0.2, 0.25) is 0 Å². The Kier molecular flexibility index (Phi) is 4.41. The average Bonchev–Trinajstić information content (AvgIpc) is 2.68. The molecule has 0 saturated carbocycles. The summed E-state index contributed by atoms with van der Waals surface area (Å²) in [5, 5.41) is 10.3. The number of benzene rings is 2. The molecule has 1 aliphatic rings. The van der Waals surface area contributed by atoms with E-state index in [1.165, 1.54) is 30.4 Å². The van der Waals surface area contributed by atoms with E-state index < -0.39 is 5.63 Å². The molecule has 0 unspecified atom stereocenters. The maximum atomic E-state index is 12.3. The minimum absolute atomic E-state index is 0.0921. The van der Waals surface area contributed by atoms with Gasteiger partial charge in [-0.15, -0.1) is 11.8 Å². The van der Waals surface area contributed by atoms with Crippen LogP contribution in [0.1, 0.15) is 5.56 Å². The Morgan fingerprint density at radius 3 is 2.46 bits per heavy atom. The number of aromatic hydroxyl groups is 1. The summed E-state index contributed by atoms with van der Waals surface area (Å²) in [5.41, 5.74) is 1.10. The molecule has 1 aromatic heterocycles. The summed E-state index contributed by atoms with van der Waals surface area (Å²) in [4.78, 5) is 12.5. The molecule has 0 fully saturated rings. The zero-order valence-electron chi connectivity index (χ0n) is 13.5. The zero-order valence-corrected chi connectivity index (χ0v) is 14.4. The van der Waals surface area contributed by atoms with Crippen LogP contribution >= 0.6 is 11.8 Å². The van der Waals surface area contributed by atoms with Gasteiger partial charge in [-0.1, -0.05) is 36.4 Å². The first-order chi connectivity index (χ1) is 12.7. The van der Waals surface area contributed by atoms with Crippen LogP contribution < -0.4 is 15.1 Å². The van der Waals surface area contributed by atoms with E-state index >= 15 is 0 Å². The summed E-state index contributed by atoms with van der Waals surface area (Å²) in [6.45, 7) is 0. The second-order valence-corrected chi connectivity index (χ2v) is 6.54. The van der Waals surface area contributed by atoms with Crippen LogP contribution in [0.15, 0.2) is 81.2 Å². The van der Waals surface area contributed by atoms with Gasteiger partial charge in [0.1, 0.15) is 28.9 Å². The highest BCUT2D eigenvalue weighted by molar-refractivity contribution is 7.98. The molecule has 3 aromatic rings. The number of ether oxygens (including phenoxy) is 2. The molecule has 0 aliphatic carbocycles. The van der Waals surface area contributed by atoms with Gasteiger partial charge in [0.2, 0.25) is 0 Å². The van der Waals surface area contributed by atoms with Crippen molar-refractivity contribution in [1.29, 1.82) is 0 Å². The van der Waals surface area contributed by atoms with Crippen molar-refractivity contribution < 1.29 is 19.0 Å². The zero-order chi connectivity index (χ0) is 17.9. The summed E-state index contributed by atoms with van der Waals surface area (Å²) in [7, 11) is 0. The van der Waals surface area contributed by atoms with Crippen LogP contribution in [0, 0.1) is 0 Å². The van der Waals surface area contributed by atoms with Crippen molar-refractivity contribution in [2.75, 3.05) is 0 Å². The number of fused-ring (bicyclic) bond motifs is 1. The summed E-state index contributed by atoms with van der Waals surface area (Å²) < 4.78 is 16.1. The first kappa shape index (κ1) is 16.4. The van der Waals surface area contributed by atoms with Gasteiger partial charge < -0.3 is 19.0 Å². The highest BCUT2D eigenvalue weighted by Gasteiger charge is 2.14. The van der Waals surface area contributed by atoms with E-state index in [4.69, 9.17) is 13.9 Å². The van der Waals surface area contributed by atoms with Gasteiger partial charge in [-0.2, -0.15) is 0 Å². The molecule has 0 radical (unpaired) electrons. The molecule has 26 heavy (non-hydrogen) atoms. The van der Waals surface area contributed by atoms with Crippen LogP contribution in [0.25, 0.3) is 11.3 Å². The van der Waals surface area contributed by atoms with Gasteiger partial charge in [0.05, 0.1) is 0 Å². The third-order valence-electron chi connectivity index (χ3n) is 3.78. The van der Waals surface area contributed by atoms with Crippen molar-refractivity contribution in [3.8, 4) is 28.6 Å². The Hall–Kier alpha value is -3.12. The molecular weight excluding hydrogens is 352 g/mol. The van der Waals surface area contributed by atoms with Crippen molar-refractivity contribution in [1.82, 2.24) is 0 Å². The third-order valence-corrected chi connectivity index (χ3v) is 4.93. The Labute approximate surface area is 153 Å². The summed E-state index contributed by atoms with van der Waals surface area (Å²) in [5.74, 6) is 1.97. The molecule has 6 heteroatoms. The van der Waals surface area contributed by atoms with Gasteiger partial charge >= 0.3 is 5.63 Å². The predicted molar refractivity (Wildman–Crippen MR) is 98.5 cm³/mol. The van der Waals surface area contributed by atoms with Crippen LogP contribution in [-0.2, 0) is 5.75 Å². The van der Waals surface area contributed by atoms with E-state index in [0.717, 1.165) is 11.1 Å². The topological polar surface area (TPSA) is 68.9 Å². The van der Waals surface area contributed by atoms with E-state index in [9.17, 15) is 9.90 Å². The lowest BCUT2D eigenvalue weighted by Gasteiger charge is -2.13. The van der Waals surface area contributed by atoms with Gasteiger partial charge in [-0.3, -0.25) is 0 Å². The highest BCUT2D eigenvalue weighted by Crippen LogP contribution is 2.35. The minimum atomic E-state index is -0.561. The van der Waals surface area contributed by atoms with E-state index in [1.807, 2.05) is 42.5 Å². The van der Waals surface area contributed by atoms with Gasteiger partial charge in [-0.25, -0.2) is 4.79 Å². The van der Waals surface area contributed by atoms with Crippen LogP contribution in [0.3, 0.4) is 0 Å². The molecular formula is C20H14O5S. The lowest BCUT2D eigenvalue weighted by atomic mass is 10.1. The van der Waals surface area contributed by atoms with Gasteiger partial charge in [-0.05, 0) is 17.7 Å².